The summed E-state index contributed by atoms with van der Waals surface area (Å²) >= 11 is 3.38. The summed E-state index contributed by atoms with van der Waals surface area (Å²) in [4.78, 5) is 22.9. The van der Waals surface area contributed by atoms with Crippen LogP contribution in [-0.4, -0.2) is 47.2 Å². The molecule has 9 nitrogen and oxygen atoms in total. The lowest BCUT2D eigenvalue weighted by Gasteiger charge is -2.31. The van der Waals surface area contributed by atoms with E-state index in [9.17, 15) is 10.1 Å². The zero-order valence-corrected chi connectivity index (χ0v) is 14.9. The number of piperidine rings is 1. The van der Waals surface area contributed by atoms with Crippen molar-refractivity contribution in [2.24, 2.45) is 0 Å². The molecule has 0 bridgehead atoms. The van der Waals surface area contributed by atoms with E-state index < -0.39 is 4.92 Å². The first-order valence-electron chi connectivity index (χ1n) is 7.51. The predicted octanol–water partition coefficient (Wildman–Crippen LogP) is 2.59. The summed E-state index contributed by atoms with van der Waals surface area (Å²) in [7, 11) is 3.74. The third-order valence-electron chi connectivity index (χ3n) is 3.99. The van der Waals surface area contributed by atoms with Crippen LogP contribution in [0, 0.1) is 10.1 Å². The Morgan fingerprint density at radius 3 is 2.67 bits per heavy atom. The van der Waals surface area contributed by atoms with Crippen LogP contribution in [0.25, 0.3) is 0 Å². The molecule has 0 aliphatic carbocycles. The van der Waals surface area contributed by atoms with Gasteiger partial charge in [0.2, 0.25) is 5.89 Å². The van der Waals surface area contributed by atoms with Crippen LogP contribution < -0.4 is 9.80 Å². The standard InChI is InChI=1S/C14H17BrN6O3/c1-19(2)14-17-13(24-18-14)9-3-5-20(6-4-9)12-11(15)7-10(8-16-12)21(22)23/h7-9H,3-6H2,1-2H3. The molecule has 0 amide bonds. The van der Waals surface area contributed by atoms with Gasteiger partial charge in [-0.15, -0.1) is 0 Å². The lowest BCUT2D eigenvalue weighted by Crippen LogP contribution is -2.33. The van der Waals surface area contributed by atoms with Gasteiger partial charge in [-0.05, 0) is 33.9 Å². The first kappa shape index (κ1) is 16.6. The number of hydrogen-bond acceptors (Lipinski definition) is 8. The lowest BCUT2D eigenvalue weighted by molar-refractivity contribution is -0.385. The minimum Gasteiger partial charge on any atom is -0.356 e. The Morgan fingerprint density at radius 1 is 1.42 bits per heavy atom. The molecule has 2 aromatic rings. The van der Waals surface area contributed by atoms with E-state index in [-0.39, 0.29) is 11.6 Å². The van der Waals surface area contributed by atoms with Gasteiger partial charge >= 0.3 is 0 Å². The second-order valence-electron chi connectivity index (χ2n) is 5.84. The maximum atomic E-state index is 10.8. The van der Waals surface area contributed by atoms with Crippen LogP contribution in [0.5, 0.6) is 0 Å². The fraction of sp³-hybridized carbons (Fsp3) is 0.500. The van der Waals surface area contributed by atoms with E-state index >= 15 is 0 Å². The molecule has 3 heterocycles. The average Bonchev–Trinajstić information content (AvgIpc) is 3.05. The molecule has 10 heteroatoms. The van der Waals surface area contributed by atoms with Gasteiger partial charge in [0.15, 0.2) is 0 Å². The Kier molecular flexibility index (Phi) is 4.65. The Labute approximate surface area is 146 Å². The van der Waals surface area contributed by atoms with Gasteiger partial charge in [-0.3, -0.25) is 10.1 Å². The first-order valence-corrected chi connectivity index (χ1v) is 8.31. The van der Waals surface area contributed by atoms with Crippen LogP contribution in [0.15, 0.2) is 21.3 Å². The van der Waals surface area contributed by atoms with Gasteiger partial charge in [0, 0.05) is 39.2 Å². The van der Waals surface area contributed by atoms with Crippen molar-refractivity contribution in [3.05, 3.63) is 32.7 Å². The largest absolute Gasteiger partial charge is 0.356 e. The first-order chi connectivity index (χ1) is 11.5. The number of nitro groups is 1. The maximum Gasteiger partial charge on any atom is 0.288 e. The SMILES string of the molecule is CN(C)c1noc(C2CCN(c3ncc([N+](=O)[O-])cc3Br)CC2)n1. The average molecular weight is 397 g/mol. The number of nitrogens with zero attached hydrogens (tertiary/aromatic N) is 6. The molecular formula is C14H17BrN6O3. The number of rotatable bonds is 4. The number of aromatic nitrogens is 3. The summed E-state index contributed by atoms with van der Waals surface area (Å²) in [6.07, 6.45) is 3.01. The molecule has 1 aliphatic rings. The quantitative estimate of drug-likeness (QED) is 0.573. The van der Waals surface area contributed by atoms with E-state index in [0.29, 0.717) is 16.3 Å². The molecule has 128 valence electrons. The van der Waals surface area contributed by atoms with Crippen LogP contribution in [0.2, 0.25) is 0 Å². The van der Waals surface area contributed by atoms with Crippen molar-refractivity contribution in [2.75, 3.05) is 37.0 Å². The highest BCUT2D eigenvalue weighted by Gasteiger charge is 2.27. The molecule has 0 spiro atoms. The summed E-state index contributed by atoms with van der Waals surface area (Å²) in [5.41, 5.74) is -0.0254. The van der Waals surface area contributed by atoms with E-state index in [0.717, 1.165) is 31.7 Å². The highest BCUT2D eigenvalue weighted by atomic mass is 79.9. The summed E-state index contributed by atoms with van der Waals surface area (Å²) in [5.74, 6) is 2.18. The minimum absolute atomic E-state index is 0.0254. The van der Waals surface area contributed by atoms with Gasteiger partial charge in [0.25, 0.3) is 11.6 Å². The van der Waals surface area contributed by atoms with Gasteiger partial charge in [-0.1, -0.05) is 0 Å². The highest BCUT2D eigenvalue weighted by molar-refractivity contribution is 9.10. The fourth-order valence-corrected chi connectivity index (χ4v) is 3.25. The molecule has 0 saturated carbocycles. The molecule has 3 rings (SSSR count). The third-order valence-corrected chi connectivity index (χ3v) is 4.58. The van der Waals surface area contributed by atoms with Gasteiger partial charge < -0.3 is 14.3 Å². The van der Waals surface area contributed by atoms with Crippen molar-refractivity contribution in [3.8, 4) is 0 Å². The third kappa shape index (κ3) is 3.32. The zero-order chi connectivity index (χ0) is 17.3. The topological polar surface area (TPSA) is 101 Å². The smallest absolute Gasteiger partial charge is 0.288 e. The van der Waals surface area contributed by atoms with Crippen molar-refractivity contribution < 1.29 is 9.45 Å². The molecule has 0 radical (unpaired) electrons. The highest BCUT2D eigenvalue weighted by Crippen LogP contribution is 2.33. The monoisotopic (exact) mass is 396 g/mol. The summed E-state index contributed by atoms with van der Waals surface area (Å²) < 4.78 is 5.98. The molecule has 1 aliphatic heterocycles. The van der Waals surface area contributed by atoms with Crippen molar-refractivity contribution in [2.45, 2.75) is 18.8 Å². The second kappa shape index (κ2) is 6.71. The molecule has 2 aromatic heterocycles. The van der Waals surface area contributed by atoms with E-state index in [1.807, 2.05) is 14.1 Å². The Hall–Kier alpha value is -2.23. The van der Waals surface area contributed by atoms with E-state index in [1.54, 1.807) is 4.90 Å². The molecule has 1 saturated heterocycles. The predicted molar refractivity (Wildman–Crippen MR) is 91.4 cm³/mol. The van der Waals surface area contributed by atoms with E-state index in [4.69, 9.17) is 4.52 Å². The molecule has 24 heavy (non-hydrogen) atoms. The molecule has 0 atom stereocenters. The summed E-state index contributed by atoms with van der Waals surface area (Å²) in [6, 6.07) is 1.48. The van der Waals surface area contributed by atoms with Crippen LogP contribution >= 0.6 is 15.9 Å². The fourth-order valence-electron chi connectivity index (χ4n) is 2.67. The number of hydrogen-bond donors (Lipinski definition) is 0. The van der Waals surface area contributed by atoms with Gasteiger partial charge in [0.1, 0.15) is 12.0 Å². The van der Waals surface area contributed by atoms with Gasteiger partial charge in [-0.2, -0.15) is 4.98 Å². The second-order valence-corrected chi connectivity index (χ2v) is 6.70. The Bertz CT molecular complexity index is 742. The van der Waals surface area contributed by atoms with Crippen LogP contribution in [0.4, 0.5) is 17.5 Å². The number of halogens is 1. The van der Waals surface area contributed by atoms with Crippen molar-refractivity contribution in [1.82, 2.24) is 15.1 Å². The van der Waals surface area contributed by atoms with Crippen LogP contribution in [0.1, 0.15) is 24.7 Å². The Balaban J connectivity index is 1.67. The molecule has 0 N–H and O–H groups in total. The van der Waals surface area contributed by atoms with Crippen molar-refractivity contribution in [3.63, 3.8) is 0 Å². The van der Waals surface area contributed by atoms with Crippen LogP contribution in [0.3, 0.4) is 0 Å². The molecular weight excluding hydrogens is 380 g/mol. The summed E-state index contributed by atoms with van der Waals surface area (Å²) in [6.45, 7) is 1.54. The molecule has 0 unspecified atom stereocenters. The van der Waals surface area contributed by atoms with Crippen LogP contribution in [-0.2, 0) is 0 Å². The van der Waals surface area contributed by atoms with Crippen molar-refractivity contribution in [1.29, 1.82) is 0 Å². The van der Waals surface area contributed by atoms with E-state index in [2.05, 4.69) is 36.0 Å². The van der Waals surface area contributed by atoms with E-state index in [1.165, 1.54) is 12.3 Å². The Morgan fingerprint density at radius 2 is 2.12 bits per heavy atom. The molecule has 0 aromatic carbocycles. The number of anilines is 2. The molecule has 1 fully saturated rings. The number of pyridine rings is 1. The zero-order valence-electron chi connectivity index (χ0n) is 13.3. The normalized spacial score (nSPS) is 15.5. The minimum atomic E-state index is -0.453. The maximum absolute atomic E-state index is 10.8. The summed E-state index contributed by atoms with van der Waals surface area (Å²) in [5, 5.41) is 14.7. The lowest BCUT2D eigenvalue weighted by atomic mass is 9.97. The van der Waals surface area contributed by atoms with Crippen molar-refractivity contribution >= 4 is 33.4 Å². The van der Waals surface area contributed by atoms with Gasteiger partial charge in [-0.25, -0.2) is 4.98 Å². The van der Waals surface area contributed by atoms with Gasteiger partial charge in [0.05, 0.1) is 9.40 Å².